The lowest BCUT2D eigenvalue weighted by atomic mass is 10.2. The SMILES string of the molecule is COc1ccc(C(=O)Nc2c(F)cccc2F)cc1F. The van der Waals surface area contributed by atoms with Crippen LogP contribution in [0, 0.1) is 17.5 Å². The number of carbonyl (C=O) groups excluding carboxylic acids is 1. The zero-order valence-electron chi connectivity index (χ0n) is 10.4. The summed E-state index contributed by atoms with van der Waals surface area (Å²) in [7, 11) is 1.28. The molecule has 6 heteroatoms. The highest BCUT2D eigenvalue weighted by atomic mass is 19.1. The summed E-state index contributed by atoms with van der Waals surface area (Å²) in [6, 6.07) is 6.65. The molecule has 0 saturated heterocycles. The molecule has 0 aliphatic rings. The lowest BCUT2D eigenvalue weighted by Crippen LogP contribution is -2.14. The van der Waals surface area contributed by atoms with Crippen LogP contribution in [0.5, 0.6) is 5.75 Å². The van der Waals surface area contributed by atoms with Gasteiger partial charge in [-0.25, -0.2) is 13.2 Å². The summed E-state index contributed by atoms with van der Waals surface area (Å²) < 4.78 is 44.9. The number of benzene rings is 2. The van der Waals surface area contributed by atoms with E-state index < -0.39 is 29.0 Å². The molecule has 0 bridgehead atoms. The van der Waals surface area contributed by atoms with Crippen molar-refractivity contribution in [3.8, 4) is 5.75 Å². The first-order chi connectivity index (χ1) is 9.52. The molecule has 104 valence electrons. The molecule has 0 radical (unpaired) electrons. The Morgan fingerprint density at radius 2 is 1.70 bits per heavy atom. The van der Waals surface area contributed by atoms with Gasteiger partial charge in [0.15, 0.2) is 11.6 Å². The number of hydrogen-bond donors (Lipinski definition) is 1. The second-order valence-corrected chi connectivity index (χ2v) is 3.90. The first kappa shape index (κ1) is 13.9. The standard InChI is InChI=1S/C14H10F3NO2/c1-20-12-6-5-8(7-11(12)17)14(19)18-13-9(15)3-2-4-10(13)16/h2-7H,1H3,(H,18,19). The maximum atomic E-state index is 13.5. The fraction of sp³-hybridized carbons (Fsp3) is 0.0714. The summed E-state index contributed by atoms with van der Waals surface area (Å²) in [5.74, 6) is -3.41. The van der Waals surface area contributed by atoms with E-state index in [1.54, 1.807) is 0 Å². The number of rotatable bonds is 3. The minimum Gasteiger partial charge on any atom is -0.494 e. The van der Waals surface area contributed by atoms with Crippen LogP contribution in [0.25, 0.3) is 0 Å². The summed E-state index contributed by atoms with van der Waals surface area (Å²) in [4.78, 5) is 11.8. The molecule has 0 saturated carbocycles. The molecule has 0 aliphatic heterocycles. The molecule has 0 aromatic heterocycles. The molecule has 1 amide bonds. The molecule has 0 heterocycles. The van der Waals surface area contributed by atoms with E-state index in [9.17, 15) is 18.0 Å². The fourth-order valence-corrected chi connectivity index (χ4v) is 1.61. The second-order valence-electron chi connectivity index (χ2n) is 3.90. The van der Waals surface area contributed by atoms with Gasteiger partial charge in [-0.1, -0.05) is 6.07 Å². The normalized spacial score (nSPS) is 10.2. The first-order valence-electron chi connectivity index (χ1n) is 5.62. The molecule has 20 heavy (non-hydrogen) atoms. The minimum absolute atomic E-state index is 0.0291. The molecule has 3 nitrogen and oxygen atoms in total. The lowest BCUT2D eigenvalue weighted by molar-refractivity contribution is 0.102. The third kappa shape index (κ3) is 2.74. The van der Waals surface area contributed by atoms with Crippen molar-refractivity contribution in [1.29, 1.82) is 0 Å². The van der Waals surface area contributed by atoms with Gasteiger partial charge in [0.1, 0.15) is 17.3 Å². The quantitative estimate of drug-likeness (QED) is 0.936. The van der Waals surface area contributed by atoms with Crippen molar-refractivity contribution < 1.29 is 22.7 Å². The van der Waals surface area contributed by atoms with Crippen molar-refractivity contribution in [2.24, 2.45) is 0 Å². The van der Waals surface area contributed by atoms with E-state index in [2.05, 4.69) is 5.32 Å². The van der Waals surface area contributed by atoms with E-state index in [-0.39, 0.29) is 11.3 Å². The molecule has 2 aromatic carbocycles. The van der Waals surface area contributed by atoms with E-state index in [0.29, 0.717) is 0 Å². The number of hydrogen-bond acceptors (Lipinski definition) is 2. The van der Waals surface area contributed by atoms with Crippen molar-refractivity contribution in [3.05, 3.63) is 59.4 Å². The Hall–Kier alpha value is -2.50. The van der Waals surface area contributed by atoms with Gasteiger partial charge in [-0.05, 0) is 30.3 Å². The van der Waals surface area contributed by atoms with Crippen LogP contribution in [0.2, 0.25) is 0 Å². The number of halogens is 3. The van der Waals surface area contributed by atoms with Gasteiger partial charge in [0, 0.05) is 5.56 Å². The van der Waals surface area contributed by atoms with Gasteiger partial charge in [0.05, 0.1) is 7.11 Å². The molecular formula is C14H10F3NO2. The third-order valence-electron chi connectivity index (χ3n) is 2.62. The fourth-order valence-electron chi connectivity index (χ4n) is 1.61. The van der Waals surface area contributed by atoms with Gasteiger partial charge in [-0.3, -0.25) is 4.79 Å². The Morgan fingerprint density at radius 3 is 2.25 bits per heavy atom. The van der Waals surface area contributed by atoms with Gasteiger partial charge in [-0.15, -0.1) is 0 Å². The Labute approximate surface area is 113 Å². The van der Waals surface area contributed by atoms with Crippen molar-refractivity contribution in [1.82, 2.24) is 0 Å². The van der Waals surface area contributed by atoms with Crippen LogP contribution in [0.15, 0.2) is 36.4 Å². The molecule has 2 aromatic rings. The minimum atomic E-state index is -0.910. The van der Waals surface area contributed by atoms with Crippen molar-refractivity contribution in [2.75, 3.05) is 12.4 Å². The smallest absolute Gasteiger partial charge is 0.255 e. The van der Waals surface area contributed by atoms with Gasteiger partial charge < -0.3 is 10.1 Å². The highest BCUT2D eigenvalue weighted by Crippen LogP contribution is 2.21. The van der Waals surface area contributed by atoms with E-state index in [0.717, 1.165) is 18.2 Å². The van der Waals surface area contributed by atoms with E-state index in [1.165, 1.54) is 25.3 Å². The van der Waals surface area contributed by atoms with E-state index >= 15 is 0 Å². The van der Waals surface area contributed by atoms with Crippen LogP contribution in [0.1, 0.15) is 10.4 Å². The van der Waals surface area contributed by atoms with Crippen LogP contribution in [0.4, 0.5) is 18.9 Å². The third-order valence-corrected chi connectivity index (χ3v) is 2.62. The maximum absolute atomic E-state index is 13.5. The van der Waals surface area contributed by atoms with E-state index in [4.69, 9.17) is 4.74 Å². The summed E-state index contributed by atoms with van der Waals surface area (Å²) in [6.07, 6.45) is 0. The highest BCUT2D eigenvalue weighted by Gasteiger charge is 2.15. The zero-order valence-corrected chi connectivity index (χ0v) is 10.4. The van der Waals surface area contributed by atoms with Crippen molar-refractivity contribution in [3.63, 3.8) is 0 Å². The largest absolute Gasteiger partial charge is 0.494 e. The number of para-hydroxylation sites is 1. The lowest BCUT2D eigenvalue weighted by Gasteiger charge is -2.08. The number of anilines is 1. The predicted molar refractivity (Wildman–Crippen MR) is 67.3 cm³/mol. The summed E-state index contributed by atoms with van der Waals surface area (Å²) in [6.45, 7) is 0. The Balaban J connectivity index is 2.26. The predicted octanol–water partition coefficient (Wildman–Crippen LogP) is 3.36. The number of carbonyl (C=O) groups is 1. The number of ether oxygens (including phenoxy) is 1. The summed E-state index contributed by atoms with van der Waals surface area (Å²) in [5, 5.41) is 2.06. The zero-order chi connectivity index (χ0) is 14.7. The molecule has 0 fully saturated rings. The molecule has 0 aliphatic carbocycles. The average Bonchev–Trinajstić information content (AvgIpc) is 2.42. The Morgan fingerprint density at radius 1 is 1.05 bits per heavy atom. The molecule has 0 unspecified atom stereocenters. The van der Waals surface area contributed by atoms with E-state index in [1.807, 2.05) is 0 Å². The van der Waals surface area contributed by atoms with Crippen molar-refractivity contribution >= 4 is 11.6 Å². The molecular weight excluding hydrogens is 271 g/mol. The van der Waals surface area contributed by atoms with Crippen LogP contribution in [-0.4, -0.2) is 13.0 Å². The molecule has 0 spiro atoms. The number of amides is 1. The number of nitrogens with one attached hydrogen (secondary N) is 1. The number of methoxy groups -OCH3 is 1. The first-order valence-corrected chi connectivity index (χ1v) is 5.62. The Bertz CT molecular complexity index is 639. The molecule has 1 N–H and O–H groups in total. The van der Waals surface area contributed by atoms with Crippen LogP contribution < -0.4 is 10.1 Å². The van der Waals surface area contributed by atoms with Crippen LogP contribution >= 0.6 is 0 Å². The summed E-state index contributed by atoms with van der Waals surface area (Å²) in [5.41, 5.74) is -0.653. The maximum Gasteiger partial charge on any atom is 0.255 e. The molecule has 0 atom stereocenters. The molecule has 2 rings (SSSR count). The average molecular weight is 281 g/mol. The van der Waals surface area contributed by atoms with Gasteiger partial charge in [-0.2, -0.15) is 0 Å². The van der Waals surface area contributed by atoms with Crippen LogP contribution in [0.3, 0.4) is 0 Å². The van der Waals surface area contributed by atoms with Crippen LogP contribution in [-0.2, 0) is 0 Å². The van der Waals surface area contributed by atoms with Gasteiger partial charge in [0.25, 0.3) is 5.91 Å². The second kappa shape index (κ2) is 5.64. The topological polar surface area (TPSA) is 38.3 Å². The van der Waals surface area contributed by atoms with Crippen molar-refractivity contribution in [2.45, 2.75) is 0 Å². The highest BCUT2D eigenvalue weighted by molar-refractivity contribution is 6.04. The summed E-state index contributed by atoms with van der Waals surface area (Å²) >= 11 is 0. The van der Waals surface area contributed by atoms with Gasteiger partial charge in [0.2, 0.25) is 0 Å². The monoisotopic (exact) mass is 281 g/mol. The Kier molecular flexibility index (Phi) is 3.93. The van der Waals surface area contributed by atoms with Gasteiger partial charge >= 0.3 is 0 Å².